The fourth-order valence-corrected chi connectivity index (χ4v) is 4.92. The summed E-state index contributed by atoms with van der Waals surface area (Å²) in [6.07, 6.45) is -2.07. The molecule has 1 fully saturated rings. The Bertz CT molecular complexity index is 1280. The van der Waals surface area contributed by atoms with Crippen LogP contribution in [0.4, 0.5) is 18.9 Å². The highest BCUT2D eigenvalue weighted by Gasteiger charge is 2.30. The van der Waals surface area contributed by atoms with E-state index >= 15 is 0 Å². The van der Waals surface area contributed by atoms with E-state index in [2.05, 4.69) is 21.4 Å². The maximum Gasteiger partial charge on any atom is 0.416 e. The number of hydrogen-bond acceptors (Lipinski definition) is 6. The highest BCUT2D eigenvalue weighted by molar-refractivity contribution is 7.99. The second-order valence-electron chi connectivity index (χ2n) is 8.53. The van der Waals surface area contributed by atoms with E-state index in [0.717, 1.165) is 62.0 Å². The Balaban J connectivity index is 1.38. The molecule has 194 valence electrons. The molecule has 7 nitrogen and oxygen atoms in total. The first-order chi connectivity index (χ1) is 17.8. The average molecular weight is 530 g/mol. The molecule has 0 atom stereocenters. The van der Waals surface area contributed by atoms with Crippen LogP contribution in [0.15, 0.2) is 53.6 Å². The van der Waals surface area contributed by atoms with Crippen LogP contribution in [0.2, 0.25) is 0 Å². The van der Waals surface area contributed by atoms with Crippen LogP contribution in [0, 0.1) is 18.3 Å². The highest BCUT2D eigenvalue weighted by Crippen LogP contribution is 2.30. The molecule has 0 radical (unpaired) electrons. The molecule has 1 saturated heterocycles. The van der Waals surface area contributed by atoms with E-state index in [4.69, 9.17) is 4.74 Å². The topological polar surface area (TPSA) is 83.2 Å². The zero-order chi connectivity index (χ0) is 26.4. The third-order valence-electron chi connectivity index (χ3n) is 6.03. The van der Waals surface area contributed by atoms with E-state index in [1.807, 2.05) is 6.07 Å². The minimum atomic E-state index is -4.43. The number of thioether (sulfide) groups is 1. The summed E-state index contributed by atoms with van der Waals surface area (Å²) in [5.74, 6) is 0.450. The van der Waals surface area contributed by atoms with Gasteiger partial charge < -0.3 is 10.1 Å². The SMILES string of the molecule is Cc1c(C(=O)Nc2ccc(SCCCN3CCOCC3)c(C#N)c2)cnn1-c1ccc(C(F)(F)F)cc1. The number of ether oxygens (including phenoxy) is 1. The number of carbonyl (C=O) groups excluding carboxylic acids is 1. The molecule has 0 saturated carbocycles. The second-order valence-corrected chi connectivity index (χ2v) is 9.67. The maximum atomic E-state index is 12.9. The van der Waals surface area contributed by atoms with Gasteiger partial charge in [-0.25, -0.2) is 4.68 Å². The summed E-state index contributed by atoms with van der Waals surface area (Å²) in [7, 11) is 0. The van der Waals surface area contributed by atoms with E-state index in [0.29, 0.717) is 22.6 Å². The molecule has 1 N–H and O–H groups in total. The van der Waals surface area contributed by atoms with Gasteiger partial charge in [-0.15, -0.1) is 11.8 Å². The third kappa shape index (κ3) is 6.71. The van der Waals surface area contributed by atoms with E-state index in [-0.39, 0.29) is 5.56 Å². The van der Waals surface area contributed by atoms with E-state index in [1.54, 1.807) is 30.8 Å². The summed E-state index contributed by atoms with van der Waals surface area (Å²) in [5.41, 5.74) is 1.36. The molecular weight excluding hydrogens is 503 g/mol. The molecule has 37 heavy (non-hydrogen) atoms. The van der Waals surface area contributed by atoms with Crippen molar-refractivity contribution in [3.8, 4) is 11.8 Å². The van der Waals surface area contributed by atoms with Crippen LogP contribution in [0.5, 0.6) is 0 Å². The maximum absolute atomic E-state index is 12.9. The lowest BCUT2D eigenvalue weighted by molar-refractivity contribution is -0.137. The number of anilines is 1. The van der Waals surface area contributed by atoms with Crippen molar-refractivity contribution in [2.24, 2.45) is 0 Å². The van der Waals surface area contributed by atoms with Gasteiger partial charge in [-0.05, 0) is 68.1 Å². The van der Waals surface area contributed by atoms with Crippen molar-refractivity contribution < 1.29 is 22.7 Å². The minimum absolute atomic E-state index is 0.278. The summed E-state index contributed by atoms with van der Waals surface area (Å²) in [5, 5.41) is 16.6. The van der Waals surface area contributed by atoms with Gasteiger partial charge in [0.25, 0.3) is 5.91 Å². The van der Waals surface area contributed by atoms with Crippen LogP contribution in [0.3, 0.4) is 0 Å². The van der Waals surface area contributed by atoms with Gasteiger partial charge in [0.2, 0.25) is 0 Å². The largest absolute Gasteiger partial charge is 0.416 e. The second kappa shape index (κ2) is 11.8. The fourth-order valence-electron chi connectivity index (χ4n) is 4.00. The number of rotatable bonds is 8. The number of benzene rings is 2. The predicted molar refractivity (Wildman–Crippen MR) is 135 cm³/mol. The molecule has 1 aromatic heterocycles. The number of nitriles is 1. The Hall–Kier alpha value is -3.33. The quantitative estimate of drug-likeness (QED) is 0.322. The van der Waals surface area contributed by atoms with Crippen molar-refractivity contribution >= 4 is 23.4 Å². The summed E-state index contributed by atoms with van der Waals surface area (Å²) in [6.45, 7) is 6.10. The molecule has 2 aromatic carbocycles. The summed E-state index contributed by atoms with van der Waals surface area (Å²) in [6, 6.07) is 12.0. The van der Waals surface area contributed by atoms with Crippen molar-refractivity contribution in [1.82, 2.24) is 14.7 Å². The van der Waals surface area contributed by atoms with Crippen LogP contribution in [-0.4, -0.2) is 59.2 Å². The lowest BCUT2D eigenvalue weighted by atomic mass is 10.2. The third-order valence-corrected chi connectivity index (χ3v) is 7.19. The number of halogens is 3. The lowest BCUT2D eigenvalue weighted by Crippen LogP contribution is -2.36. The first-order valence-corrected chi connectivity index (χ1v) is 12.8. The van der Waals surface area contributed by atoms with E-state index in [9.17, 15) is 23.2 Å². The number of hydrogen-bond donors (Lipinski definition) is 1. The van der Waals surface area contributed by atoms with Crippen molar-refractivity contribution in [2.45, 2.75) is 24.4 Å². The van der Waals surface area contributed by atoms with Crippen LogP contribution in [0.25, 0.3) is 5.69 Å². The van der Waals surface area contributed by atoms with Crippen molar-refractivity contribution in [3.05, 3.63) is 71.0 Å². The summed E-state index contributed by atoms with van der Waals surface area (Å²) in [4.78, 5) is 16.1. The first kappa shape index (κ1) is 26.7. The summed E-state index contributed by atoms with van der Waals surface area (Å²) < 4.78 is 45.3. The molecule has 1 aliphatic heterocycles. The Kier molecular flexibility index (Phi) is 8.53. The van der Waals surface area contributed by atoms with E-state index < -0.39 is 17.6 Å². The minimum Gasteiger partial charge on any atom is -0.379 e. The Morgan fingerprint density at radius 1 is 1.19 bits per heavy atom. The Morgan fingerprint density at radius 3 is 2.59 bits per heavy atom. The average Bonchev–Trinajstić information content (AvgIpc) is 3.28. The molecule has 0 unspecified atom stereocenters. The van der Waals surface area contributed by atoms with Gasteiger partial charge in [0.05, 0.1) is 47.5 Å². The smallest absolute Gasteiger partial charge is 0.379 e. The number of alkyl halides is 3. The first-order valence-electron chi connectivity index (χ1n) is 11.8. The molecule has 2 heterocycles. The highest BCUT2D eigenvalue weighted by atomic mass is 32.2. The van der Waals surface area contributed by atoms with Crippen molar-refractivity contribution in [2.75, 3.05) is 43.9 Å². The number of amides is 1. The van der Waals surface area contributed by atoms with Crippen molar-refractivity contribution in [1.29, 1.82) is 5.26 Å². The van der Waals surface area contributed by atoms with E-state index in [1.165, 1.54) is 23.0 Å². The number of nitrogens with one attached hydrogen (secondary N) is 1. The Labute approximate surface area is 217 Å². The molecule has 4 rings (SSSR count). The Morgan fingerprint density at radius 2 is 1.92 bits per heavy atom. The van der Waals surface area contributed by atoms with Gasteiger partial charge in [0, 0.05) is 23.7 Å². The molecule has 0 spiro atoms. The summed E-state index contributed by atoms with van der Waals surface area (Å²) >= 11 is 1.61. The molecule has 0 aliphatic carbocycles. The normalized spacial score (nSPS) is 14.4. The van der Waals surface area contributed by atoms with Gasteiger partial charge >= 0.3 is 6.18 Å². The van der Waals surface area contributed by atoms with Crippen LogP contribution in [0.1, 0.15) is 33.6 Å². The fraction of sp³-hybridized carbons (Fsp3) is 0.346. The van der Waals surface area contributed by atoms with Crippen LogP contribution in [-0.2, 0) is 10.9 Å². The number of nitrogens with zero attached hydrogens (tertiary/aromatic N) is 4. The van der Waals surface area contributed by atoms with Gasteiger partial charge in [0.15, 0.2) is 0 Å². The zero-order valence-corrected chi connectivity index (χ0v) is 21.0. The predicted octanol–water partition coefficient (Wildman–Crippen LogP) is 5.14. The number of aromatic nitrogens is 2. The lowest BCUT2D eigenvalue weighted by Gasteiger charge is -2.26. The molecular formula is C26H26F3N5O2S. The monoisotopic (exact) mass is 529 g/mol. The molecule has 1 aliphatic rings. The zero-order valence-electron chi connectivity index (χ0n) is 20.2. The molecule has 3 aromatic rings. The van der Waals surface area contributed by atoms with Crippen LogP contribution < -0.4 is 5.32 Å². The van der Waals surface area contributed by atoms with Gasteiger partial charge in [-0.2, -0.15) is 23.5 Å². The molecule has 0 bridgehead atoms. The van der Waals surface area contributed by atoms with Crippen molar-refractivity contribution in [3.63, 3.8) is 0 Å². The number of carbonyl (C=O) groups is 1. The number of morpholine rings is 1. The van der Waals surface area contributed by atoms with Gasteiger partial charge in [0.1, 0.15) is 6.07 Å². The molecule has 1 amide bonds. The van der Waals surface area contributed by atoms with Crippen LogP contribution >= 0.6 is 11.8 Å². The van der Waals surface area contributed by atoms with Gasteiger partial charge in [-0.3, -0.25) is 9.69 Å². The standard InChI is InChI=1S/C26H26F3N5O2S/c1-18-23(17-31-34(18)22-6-3-20(4-7-22)26(27,28)29)25(35)32-21-5-8-24(19(15-21)16-30)37-14-2-9-33-10-12-36-13-11-33/h3-8,15,17H,2,9-14H2,1H3,(H,32,35). The van der Waals surface area contributed by atoms with Gasteiger partial charge in [-0.1, -0.05) is 0 Å². The molecule has 11 heteroatoms.